The van der Waals surface area contributed by atoms with Crippen LogP contribution in [0.2, 0.25) is 0 Å². The summed E-state index contributed by atoms with van der Waals surface area (Å²) in [4.78, 5) is 13.3. The van der Waals surface area contributed by atoms with Crippen LogP contribution in [0.1, 0.15) is 36.8 Å². The van der Waals surface area contributed by atoms with Crippen molar-refractivity contribution in [3.8, 4) is 0 Å². The first kappa shape index (κ1) is 17.4. The Kier molecular flexibility index (Phi) is 6.10. The molecule has 1 atom stereocenters. The maximum Gasteiger partial charge on any atom is 0.315 e. The van der Waals surface area contributed by atoms with Gasteiger partial charge in [0.1, 0.15) is 0 Å². The summed E-state index contributed by atoms with van der Waals surface area (Å²) in [5.74, 6) is 1.06. The zero-order chi connectivity index (χ0) is 16.8. The number of carbonyl (C=O) groups excluding carboxylic acids is 1. The van der Waals surface area contributed by atoms with Gasteiger partial charge < -0.3 is 10.6 Å². The standard InChI is InChI=1S/C17H24N4OS/c1-5-23-16-8-6-14(7-9-16)13(3)19-17(22)18-11-15-10-12(2)20-21(15)4/h6-10,13H,5,11H2,1-4H3,(H2,18,19,22)/t13-/m1/s1. The number of thioether (sulfide) groups is 1. The van der Waals surface area contributed by atoms with Crippen LogP contribution in [0, 0.1) is 6.92 Å². The summed E-state index contributed by atoms with van der Waals surface area (Å²) < 4.78 is 1.78. The maximum absolute atomic E-state index is 12.0. The molecule has 0 saturated carbocycles. The monoisotopic (exact) mass is 332 g/mol. The average Bonchev–Trinajstić information content (AvgIpc) is 2.84. The number of urea groups is 1. The summed E-state index contributed by atoms with van der Waals surface area (Å²) in [5, 5.41) is 10.1. The molecule has 0 radical (unpaired) electrons. The second kappa shape index (κ2) is 8.06. The molecule has 0 fully saturated rings. The van der Waals surface area contributed by atoms with E-state index in [0.29, 0.717) is 6.54 Å². The molecular weight excluding hydrogens is 308 g/mol. The first-order valence-corrected chi connectivity index (χ1v) is 8.74. The number of aromatic nitrogens is 2. The fourth-order valence-electron chi connectivity index (χ4n) is 2.35. The van der Waals surface area contributed by atoms with Crippen LogP contribution >= 0.6 is 11.8 Å². The van der Waals surface area contributed by atoms with Crippen molar-refractivity contribution < 1.29 is 4.79 Å². The number of hydrogen-bond acceptors (Lipinski definition) is 3. The molecule has 0 spiro atoms. The van der Waals surface area contributed by atoms with Gasteiger partial charge in [-0.2, -0.15) is 5.10 Å². The number of carbonyl (C=O) groups is 1. The van der Waals surface area contributed by atoms with E-state index in [4.69, 9.17) is 0 Å². The number of nitrogens with zero attached hydrogens (tertiary/aromatic N) is 2. The largest absolute Gasteiger partial charge is 0.333 e. The van der Waals surface area contributed by atoms with Gasteiger partial charge in [-0.15, -0.1) is 11.8 Å². The number of hydrogen-bond donors (Lipinski definition) is 2. The fraction of sp³-hybridized carbons (Fsp3) is 0.412. The smallest absolute Gasteiger partial charge is 0.315 e. The Morgan fingerprint density at radius 2 is 2.04 bits per heavy atom. The Labute approximate surface area is 141 Å². The number of rotatable bonds is 6. The lowest BCUT2D eigenvalue weighted by Crippen LogP contribution is -2.37. The number of nitrogens with one attached hydrogen (secondary N) is 2. The van der Waals surface area contributed by atoms with Crippen LogP contribution in [0.4, 0.5) is 4.79 Å². The van der Waals surface area contributed by atoms with E-state index in [2.05, 4.69) is 46.9 Å². The molecule has 0 unspecified atom stereocenters. The minimum absolute atomic E-state index is 0.0380. The van der Waals surface area contributed by atoms with Crippen LogP contribution in [-0.2, 0) is 13.6 Å². The molecule has 1 aromatic heterocycles. The van der Waals surface area contributed by atoms with E-state index < -0.39 is 0 Å². The van der Waals surface area contributed by atoms with Gasteiger partial charge in [-0.25, -0.2) is 4.79 Å². The molecule has 0 aliphatic rings. The molecule has 6 heteroatoms. The van der Waals surface area contributed by atoms with Crippen molar-refractivity contribution >= 4 is 17.8 Å². The van der Waals surface area contributed by atoms with Crippen LogP contribution in [0.3, 0.4) is 0 Å². The molecule has 2 aromatic rings. The number of amides is 2. The SMILES string of the molecule is CCSc1ccc([C@@H](C)NC(=O)NCc2cc(C)nn2C)cc1. The van der Waals surface area contributed by atoms with Crippen LogP contribution in [0.5, 0.6) is 0 Å². The fourth-order valence-corrected chi connectivity index (χ4v) is 3.01. The van der Waals surface area contributed by atoms with Crippen molar-refractivity contribution in [2.24, 2.45) is 7.05 Å². The van der Waals surface area contributed by atoms with Crippen LogP contribution in [-0.4, -0.2) is 21.6 Å². The molecule has 0 aliphatic heterocycles. The van der Waals surface area contributed by atoms with E-state index in [1.165, 1.54) is 4.90 Å². The van der Waals surface area contributed by atoms with Crippen LogP contribution in [0.15, 0.2) is 35.2 Å². The van der Waals surface area contributed by atoms with Gasteiger partial charge in [0.15, 0.2) is 0 Å². The molecule has 23 heavy (non-hydrogen) atoms. The van der Waals surface area contributed by atoms with Crippen molar-refractivity contribution in [2.75, 3.05) is 5.75 Å². The third-order valence-electron chi connectivity index (χ3n) is 3.57. The lowest BCUT2D eigenvalue weighted by molar-refractivity contribution is 0.237. The maximum atomic E-state index is 12.0. The molecule has 2 amide bonds. The first-order valence-electron chi connectivity index (χ1n) is 7.76. The number of aryl methyl sites for hydroxylation is 2. The van der Waals surface area contributed by atoms with Crippen molar-refractivity contribution in [2.45, 2.75) is 38.3 Å². The van der Waals surface area contributed by atoms with E-state index in [-0.39, 0.29) is 12.1 Å². The predicted octanol–water partition coefficient (Wildman–Crippen LogP) is 3.40. The first-order chi connectivity index (χ1) is 11.0. The van der Waals surface area contributed by atoms with E-state index in [9.17, 15) is 4.79 Å². The molecule has 0 aliphatic carbocycles. The summed E-state index contributed by atoms with van der Waals surface area (Å²) in [7, 11) is 1.88. The van der Waals surface area contributed by atoms with Crippen LogP contribution in [0.25, 0.3) is 0 Å². The average molecular weight is 332 g/mol. The second-order valence-corrected chi connectivity index (χ2v) is 6.79. The van der Waals surface area contributed by atoms with E-state index in [0.717, 1.165) is 22.7 Å². The topological polar surface area (TPSA) is 59.0 Å². The summed E-state index contributed by atoms with van der Waals surface area (Å²) >= 11 is 1.81. The van der Waals surface area contributed by atoms with Gasteiger partial charge in [0.25, 0.3) is 0 Å². The molecule has 1 aromatic carbocycles. The lowest BCUT2D eigenvalue weighted by Gasteiger charge is -2.15. The van der Waals surface area contributed by atoms with Crippen molar-refractivity contribution in [1.82, 2.24) is 20.4 Å². The van der Waals surface area contributed by atoms with E-state index >= 15 is 0 Å². The summed E-state index contributed by atoms with van der Waals surface area (Å²) in [5.41, 5.74) is 3.02. The van der Waals surface area contributed by atoms with Gasteiger partial charge in [-0.3, -0.25) is 4.68 Å². The van der Waals surface area contributed by atoms with Gasteiger partial charge in [0.05, 0.1) is 24.0 Å². The van der Waals surface area contributed by atoms with Crippen molar-refractivity contribution in [3.05, 3.63) is 47.3 Å². The van der Waals surface area contributed by atoms with Crippen molar-refractivity contribution in [3.63, 3.8) is 0 Å². The Morgan fingerprint density at radius 1 is 1.35 bits per heavy atom. The molecule has 5 nitrogen and oxygen atoms in total. The second-order valence-electron chi connectivity index (χ2n) is 5.45. The quantitative estimate of drug-likeness (QED) is 0.797. The zero-order valence-corrected chi connectivity index (χ0v) is 14.9. The highest BCUT2D eigenvalue weighted by atomic mass is 32.2. The Bertz CT molecular complexity index is 651. The molecular formula is C17H24N4OS. The molecule has 1 heterocycles. The molecule has 2 rings (SSSR count). The van der Waals surface area contributed by atoms with Gasteiger partial charge in [-0.1, -0.05) is 19.1 Å². The zero-order valence-electron chi connectivity index (χ0n) is 14.1. The highest BCUT2D eigenvalue weighted by Crippen LogP contribution is 2.20. The normalized spacial score (nSPS) is 12.0. The molecule has 0 saturated heterocycles. The minimum Gasteiger partial charge on any atom is -0.333 e. The number of benzene rings is 1. The predicted molar refractivity (Wildman–Crippen MR) is 94.6 cm³/mol. The molecule has 2 N–H and O–H groups in total. The lowest BCUT2D eigenvalue weighted by atomic mass is 10.1. The highest BCUT2D eigenvalue weighted by Gasteiger charge is 2.10. The van der Waals surface area contributed by atoms with Gasteiger partial charge in [0, 0.05) is 11.9 Å². The summed E-state index contributed by atoms with van der Waals surface area (Å²) in [6.07, 6.45) is 0. The molecule has 0 bridgehead atoms. The van der Waals surface area contributed by atoms with Gasteiger partial charge >= 0.3 is 6.03 Å². The Hall–Kier alpha value is -1.95. The van der Waals surface area contributed by atoms with Crippen LogP contribution < -0.4 is 10.6 Å². The van der Waals surface area contributed by atoms with Gasteiger partial charge in [0.2, 0.25) is 0 Å². The third-order valence-corrected chi connectivity index (χ3v) is 4.46. The van der Waals surface area contributed by atoms with Gasteiger partial charge in [-0.05, 0) is 43.4 Å². The van der Waals surface area contributed by atoms with Crippen molar-refractivity contribution in [1.29, 1.82) is 0 Å². The van der Waals surface area contributed by atoms with E-state index in [1.54, 1.807) is 4.68 Å². The summed E-state index contributed by atoms with van der Waals surface area (Å²) in [6.45, 7) is 6.51. The summed E-state index contributed by atoms with van der Waals surface area (Å²) in [6, 6.07) is 10.1. The third kappa shape index (κ3) is 5.03. The highest BCUT2D eigenvalue weighted by molar-refractivity contribution is 7.99. The Morgan fingerprint density at radius 3 is 2.61 bits per heavy atom. The minimum atomic E-state index is -0.177. The Balaban J connectivity index is 1.85. The molecule has 124 valence electrons. The van der Waals surface area contributed by atoms with E-state index in [1.807, 2.05) is 38.7 Å².